The highest BCUT2D eigenvalue weighted by atomic mass is 16.6. The molecule has 10 nitrogen and oxygen atoms in total. The van der Waals surface area contributed by atoms with Crippen molar-refractivity contribution in [3.05, 3.63) is 118 Å². The number of H-pyrrole nitrogens is 1. The molecule has 2 heterocycles. The molecule has 0 fully saturated rings. The summed E-state index contributed by atoms with van der Waals surface area (Å²) in [7, 11) is 0. The highest BCUT2D eigenvalue weighted by Gasteiger charge is 2.21. The monoisotopic (exact) mass is 523 g/mol. The fraction of sp³-hybridized carbons (Fsp3) is 0.138. The smallest absolute Gasteiger partial charge is 0.395 e. The Morgan fingerprint density at radius 3 is 2.33 bits per heavy atom. The largest absolute Gasteiger partial charge is 0.433 e. The maximum Gasteiger partial charge on any atom is 0.433 e. The van der Waals surface area contributed by atoms with Gasteiger partial charge in [0.1, 0.15) is 10.7 Å². The third-order valence-corrected chi connectivity index (χ3v) is 6.25. The molecule has 0 saturated carbocycles. The van der Waals surface area contributed by atoms with E-state index in [1.807, 2.05) is 66.7 Å². The third kappa shape index (κ3) is 6.02. The molecule has 0 aliphatic rings. The van der Waals surface area contributed by atoms with Crippen LogP contribution in [-0.4, -0.2) is 33.3 Å². The van der Waals surface area contributed by atoms with Crippen LogP contribution in [0.2, 0.25) is 0 Å². The van der Waals surface area contributed by atoms with Crippen molar-refractivity contribution in [1.29, 1.82) is 0 Å². The van der Waals surface area contributed by atoms with Crippen molar-refractivity contribution >= 4 is 28.7 Å². The molecule has 0 aliphatic heterocycles. The summed E-state index contributed by atoms with van der Waals surface area (Å²) in [6.45, 7) is 0.270. The van der Waals surface area contributed by atoms with Crippen LogP contribution >= 0.6 is 0 Å². The number of para-hydroxylation sites is 2. The zero-order valence-electron chi connectivity index (χ0n) is 20.8. The molecule has 0 bridgehead atoms. The molecule has 5 aromatic rings. The Bertz CT molecular complexity index is 1580. The van der Waals surface area contributed by atoms with Crippen LogP contribution < -0.4 is 10.6 Å². The van der Waals surface area contributed by atoms with Gasteiger partial charge in [0.15, 0.2) is 5.76 Å². The first kappa shape index (κ1) is 25.4. The van der Waals surface area contributed by atoms with Gasteiger partial charge in [-0.2, -0.15) is 0 Å². The third-order valence-electron chi connectivity index (χ3n) is 6.25. The average molecular weight is 524 g/mol. The number of fused-ring (bicyclic) bond motifs is 1. The molecule has 2 amide bonds. The Hall–Kier alpha value is -5.25. The van der Waals surface area contributed by atoms with Gasteiger partial charge in [-0.3, -0.25) is 19.7 Å². The van der Waals surface area contributed by atoms with E-state index in [1.54, 1.807) is 12.1 Å². The van der Waals surface area contributed by atoms with Crippen molar-refractivity contribution in [2.24, 2.45) is 0 Å². The summed E-state index contributed by atoms with van der Waals surface area (Å²) in [5.74, 6) is -0.816. The Kier molecular flexibility index (Phi) is 7.44. The van der Waals surface area contributed by atoms with Crippen molar-refractivity contribution in [3.63, 3.8) is 0 Å². The lowest BCUT2D eigenvalue weighted by Crippen LogP contribution is -2.30. The van der Waals surface area contributed by atoms with E-state index in [0.717, 1.165) is 28.2 Å². The molecule has 39 heavy (non-hydrogen) atoms. The number of rotatable bonds is 10. The number of nitro groups is 1. The molecule has 196 valence electrons. The number of furan rings is 1. The van der Waals surface area contributed by atoms with Gasteiger partial charge in [0, 0.05) is 12.1 Å². The van der Waals surface area contributed by atoms with Crippen LogP contribution in [0, 0.1) is 10.1 Å². The first-order chi connectivity index (χ1) is 19.0. The number of amides is 2. The fourth-order valence-corrected chi connectivity index (χ4v) is 4.24. The van der Waals surface area contributed by atoms with Gasteiger partial charge in [-0.1, -0.05) is 54.6 Å². The summed E-state index contributed by atoms with van der Waals surface area (Å²) in [5.41, 5.74) is 4.23. The van der Waals surface area contributed by atoms with Crippen LogP contribution in [0.1, 0.15) is 45.6 Å². The number of carbonyl (C=O) groups is 2. The maximum absolute atomic E-state index is 13.2. The number of hydrogen-bond acceptors (Lipinski definition) is 6. The number of imidazole rings is 1. The van der Waals surface area contributed by atoms with Crippen molar-refractivity contribution in [3.8, 4) is 11.1 Å². The lowest BCUT2D eigenvalue weighted by molar-refractivity contribution is -0.402. The number of aromatic amines is 1. The SMILES string of the molecule is O=C(N[C@H](CCCNC(=O)c1ccc([N+](=O)[O-])o1)c1nc2ccccc2[nH]1)c1ccc(-c2ccccc2)cc1. The Morgan fingerprint density at radius 1 is 0.897 bits per heavy atom. The van der Waals surface area contributed by atoms with Crippen LogP contribution in [0.25, 0.3) is 22.2 Å². The molecule has 0 aliphatic carbocycles. The molecule has 0 unspecified atom stereocenters. The second-order valence-electron chi connectivity index (χ2n) is 8.90. The van der Waals surface area contributed by atoms with Crippen LogP contribution in [0.4, 0.5) is 5.88 Å². The van der Waals surface area contributed by atoms with Gasteiger partial charge in [0.2, 0.25) is 0 Å². The standard InChI is InChI=1S/C29H25N5O5/c35-28(21-14-12-20(13-15-21)19-7-2-1-3-8-19)33-24(27-31-22-9-4-5-10-23(22)32-27)11-6-18-30-29(36)25-16-17-26(39-25)34(37)38/h1-5,7-10,12-17,24H,6,11,18H2,(H,30,36)(H,31,32)(H,33,35)/t24-/m1/s1. The molecule has 0 radical (unpaired) electrons. The first-order valence-electron chi connectivity index (χ1n) is 12.4. The number of aromatic nitrogens is 2. The minimum Gasteiger partial charge on any atom is -0.395 e. The fourth-order valence-electron chi connectivity index (χ4n) is 4.24. The summed E-state index contributed by atoms with van der Waals surface area (Å²) >= 11 is 0. The highest BCUT2D eigenvalue weighted by Crippen LogP contribution is 2.22. The van der Waals surface area contributed by atoms with Gasteiger partial charge >= 0.3 is 5.88 Å². The molecular weight excluding hydrogens is 498 g/mol. The molecule has 1 atom stereocenters. The van der Waals surface area contributed by atoms with Crippen LogP contribution in [0.5, 0.6) is 0 Å². The van der Waals surface area contributed by atoms with Gasteiger partial charge in [-0.05, 0) is 54.3 Å². The summed E-state index contributed by atoms with van der Waals surface area (Å²) in [5, 5.41) is 16.5. The molecule has 3 N–H and O–H groups in total. The van der Waals surface area contributed by atoms with E-state index in [1.165, 1.54) is 6.07 Å². The van der Waals surface area contributed by atoms with E-state index in [9.17, 15) is 19.7 Å². The topological polar surface area (TPSA) is 143 Å². The molecule has 10 heteroatoms. The first-order valence-corrected chi connectivity index (χ1v) is 12.4. The molecule has 5 rings (SSSR count). The Balaban J connectivity index is 1.26. The second-order valence-corrected chi connectivity index (χ2v) is 8.90. The zero-order chi connectivity index (χ0) is 27.2. The summed E-state index contributed by atoms with van der Waals surface area (Å²) in [6.07, 6.45) is 0.982. The normalized spacial score (nSPS) is 11.7. The molecule has 3 aromatic carbocycles. The maximum atomic E-state index is 13.2. The van der Waals surface area contributed by atoms with E-state index in [4.69, 9.17) is 4.42 Å². The number of benzene rings is 3. The van der Waals surface area contributed by atoms with Crippen molar-refractivity contribution < 1.29 is 18.9 Å². The minimum atomic E-state index is -0.702. The summed E-state index contributed by atoms with van der Waals surface area (Å²) < 4.78 is 4.94. The van der Waals surface area contributed by atoms with Crippen LogP contribution in [-0.2, 0) is 0 Å². The minimum absolute atomic E-state index is 0.136. The van der Waals surface area contributed by atoms with Crippen LogP contribution in [0.3, 0.4) is 0 Å². The van der Waals surface area contributed by atoms with Gasteiger partial charge in [-0.25, -0.2) is 4.98 Å². The van der Waals surface area contributed by atoms with Gasteiger partial charge in [-0.15, -0.1) is 0 Å². The van der Waals surface area contributed by atoms with E-state index < -0.39 is 22.8 Å². The van der Waals surface area contributed by atoms with Gasteiger partial charge < -0.3 is 20.0 Å². The zero-order valence-corrected chi connectivity index (χ0v) is 20.8. The predicted molar refractivity (Wildman–Crippen MR) is 145 cm³/mol. The van der Waals surface area contributed by atoms with Gasteiger partial charge in [0.05, 0.1) is 23.1 Å². The van der Waals surface area contributed by atoms with Crippen molar-refractivity contribution in [2.45, 2.75) is 18.9 Å². The number of nitrogens with one attached hydrogen (secondary N) is 3. The van der Waals surface area contributed by atoms with Gasteiger partial charge in [0.25, 0.3) is 11.8 Å². The van der Waals surface area contributed by atoms with E-state index >= 15 is 0 Å². The number of nitrogens with zero attached hydrogens (tertiary/aromatic N) is 2. The number of hydrogen-bond donors (Lipinski definition) is 3. The average Bonchev–Trinajstić information content (AvgIpc) is 3.63. The highest BCUT2D eigenvalue weighted by molar-refractivity contribution is 5.95. The summed E-state index contributed by atoms with van der Waals surface area (Å²) in [6, 6.07) is 26.9. The van der Waals surface area contributed by atoms with E-state index in [0.29, 0.717) is 24.2 Å². The Morgan fingerprint density at radius 2 is 1.62 bits per heavy atom. The van der Waals surface area contributed by atoms with Crippen molar-refractivity contribution in [2.75, 3.05) is 6.54 Å². The van der Waals surface area contributed by atoms with E-state index in [-0.39, 0.29) is 18.2 Å². The molecule has 0 spiro atoms. The second kappa shape index (κ2) is 11.4. The predicted octanol–water partition coefficient (Wildman–Crippen LogP) is 5.41. The van der Waals surface area contributed by atoms with E-state index in [2.05, 4.69) is 20.6 Å². The van der Waals surface area contributed by atoms with Crippen molar-refractivity contribution in [1.82, 2.24) is 20.6 Å². The summed E-state index contributed by atoms with van der Waals surface area (Å²) in [4.78, 5) is 43.5. The van der Waals surface area contributed by atoms with Crippen LogP contribution in [0.15, 0.2) is 95.4 Å². The lowest BCUT2D eigenvalue weighted by atomic mass is 10.0. The Labute approximate surface area is 223 Å². The molecular formula is C29H25N5O5. The quantitative estimate of drug-likeness (QED) is 0.127. The molecule has 0 saturated heterocycles. The lowest BCUT2D eigenvalue weighted by Gasteiger charge is -2.17. The number of carbonyl (C=O) groups excluding carboxylic acids is 2. The molecule has 2 aromatic heterocycles.